The van der Waals surface area contributed by atoms with E-state index in [-0.39, 0.29) is 49.9 Å². The Morgan fingerprint density at radius 1 is 0.454 bits per heavy atom. The first-order valence-electron chi connectivity index (χ1n) is 33.1. The van der Waals surface area contributed by atoms with E-state index in [0.717, 1.165) is 0 Å². The van der Waals surface area contributed by atoms with E-state index in [2.05, 4.69) is 79.1 Å². The summed E-state index contributed by atoms with van der Waals surface area (Å²) in [6, 6.07) is -14.7. The largest absolute Gasteiger partial charge is 0.480 e. The first-order chi connectivity index (χ1) is 45.2. The molecule has 0 saturated carbocycles. The highest BCUT2D eigenvalue weighted by atomic mass is 16.4. The number of amides is 13. The van der Waals surface area contributed by atoms with Gasteiger partial charge in [-0.05, 0) is 101 Å². The summed E-state index contributed by atoms with van der Waals surface area (Å²) < 4.78 is 0. The van der Waals surface area contributed by atoms with Crippen molar-refractivity contribution in [2.24, 2.45) is 47.0 Å². The highest BCUT2D eigenvalue weighted by molar-refractivity contribution is 5.99. The van der Waals surface area contributed by atoms with Gasteiger partial charge in [0.25, 0.3) is 0 Å². The molecule has 1 rings (SSSR count). The number of nitrogens with zero attached hydrogens (tertiary/aromatic N) is 1. The number of aromatic nitrogens is 2. The molecule has 13 amide bonds. The lowest BCUT2D eigenvalue weighted by Gasteiger charge is -2.30. The molecule has 0 aliphatic rings. The lowest BCUT2D eigenvalue weighted by molar-refractivity contribution is -0.142. The van der Waals surface area contributed by atoms with Crippen molar-refractivity contribution < 1.29 is 82.4 Å². The van der Waals surface area contributed by atoms with Gasteiger partial charge in [-0.15, -0.1) is 0 Å². The molecule has 0 aliphatic heterocycles. The third kappa shape index (κ3) is 32.5. The number of aliphatic hydroxyl groups excluding tert-OH is 2. The minimum absolute atomic E-state index is 0.0157. The first kappa shape index (κ1) is 86.6. The molecular weight excluding hydrogens is 1270 g/mol. The van der Waals surface area contributed by atoms with Gasteiger partial charge in [-0.3, -0.25) is 62.3 Å². The number of carbonyl (C=O) groups is 14. The maximum atomic E-state index is 14.1. The molecule has 34 nitrogen and oxygen atoms in total. The Morgan fingerprint density at radius 2 is 0.845 bits per heavy atom. The van der Waals surface area contributed by atoms with Gasteiger partial charge in [0, 0.05) is 18.3 Å². The van der Waals surface area contributed by atoms with Crippen molar-refractivity contribution in [3.05, 3.63) is 18.2 Å². The summed E-state index contributed by atoms with van der Waals surface area (Å²) in [7, 11) is 0. The molecule has 1 aromatic rings. The monoisotopic (exact) mass is 1380 g/mol. The molecule has 14 atom stereocenters. The molecule has 550 valence electrons. The number of unbranched alkanes of at least 4 members (excludes halogenated alkanes) is 1. The normalized spacial score (nSPS) is 15.8. The van der Waals surface area contributed by atoms with Crippen LogP contribution in [0.15, 0.2) is 12.5 Å². The smallest absolute Gasteiger partial charge is 0.326 e. The van der Waals surface area contributed by atoms with Crippen molar-refractivity contribution in [1.29, 1.82) is 0 Å². The number of carboxylic acid groups (broad SMARTS) is 1. The van der Waals surface area contributed by atoms with Crippen LogP contribution in [0, 0.1) is 35.5 Å². The SMILES string of the molecule is CC[C@H](C)[C@H](NC(=O)CNC(=O)CNC(=O)[C@H](CC(C)C)NC(=O)[C@H](C)NC(=O)[C@@H](NC(=O)[C@H](CC(C)C)NC(=O)[C@@H](NC(=O)[C@@H](NC(=O)[C@@H](NC(=O)CNC(=O)[C@@H](N)Cc1cnc[nH]1)[C@@H](C)O)C(C)C)C(C)C)[C@@H](C)O)C(=O)N[C@@H](CC(C)C)C(=O)N[C@@H](CCCCN)C(=O)O. The molecule has 21 N–H and O–H groups in total. The molecule has 97 heavy (non-hydrogen) atoms. The Bertz CT molecular complexity index is 2760. The number of carboxylic acids is 1. The first-order valence-corrected chi connectivity index (χ1v) is 33.1. The van der Waals surface area contributed by atoms with Gasteiger partial charge in [0.15, 0.2) is 0 Å². The summed E-state index contributed by atoms with van der Waals surface area (Å²) in [6.07, 6.45) is 1.60. The van der Waals surface area contributed by atoms with Crippen molar-refractivity contribution in [3.63, 3.8) is 0 Å². The number of nitrogens with one attached hydrogen (secondary N) is 14. The fourth-order valence-corrected chi connectivity index (χ4v) is 9.65. The van der Waals surface area contributed by atoms with Crippen LogP contribution in [0.4, 0.5) is 0 Å². The zero-order chi connectivity index (χ0) is 74.1. The molecule has 0 unspecified atom stereocenters. The number of carbonyl (C=O) groups excluding carboxylic acids is 13. The van der Waals surface area contributed by atoms with E-state index < -0.39 is 199 Å². The van der Waals surface area contributed by atoms with Crippen molar-refractivity contribution in [1.82, 2.24) is 79.1 Å². The van der Waals surface area contributed by atoms with Gasteiger partial charge in [0.05, 0.1) is 44.2 Å². The summed E-state index contributed by atoms with van der Waals surface area (Å²) in [5.41, 5.74) is 12.0. The molecule has 0 bridgehead atoms. The fourth-order valence-electron chi connectivity index (χ4n) is 9.65. The minimum Gasteiger partial charge on any atom is -0.480 e. The van der Waals surface area contributed by atoms with Crippen LogP contribution in [0.3, 0.4) is 0 Å². The van der Waals surface area contributed by atoms with Crippen molar-refractivity contribution >= 4 is 82.8 Å². The van der Waals surface area contributed by atoms with Gasteiger partial charge in [-0.1, -0.05) is 89.5 Å². The van der Waals surface area contributed by atoms with Crippen molar-refractivity contribution in [3.8, 4) is 0 Å². The second kappa shape index (κ2) is 43.7. The van der Waals surface area contributed by atoms with Crippen molar-refractivity contribution in [2.75, 3.05) is 26.2 Å². The van der Waals surface area contributed by atoms with Gasteiger partial charge < -0.3 is 101 Å². The molecule has 1 heterocycles. The summed E-state index contributed by atoms with van der Waals surface area (Å²) in [4.78, 5) is 194. The number of hydrogen-bond acceptors (Lipinski definition) is 19. The summed E-state index contributed by atoms with van der Waals surface area (Å²) >= 11 is 0. The number of aliphatic hydroxyl groups is 2. The number of hydrogen-bond donors (Lipinski definition) is 19. The minimum atomic E-state index is -1.72. The maximum absolute atomic E-state index is 14.1. The zero-order valence-electron chi connectivity index (χ0n) is 58.8. The number of rotatable bonds is 45. The number of imidazole rings is 1. The van der Waals surface area contributed by atoms with E-state index in [0.29, 0.717) is 31.5 Å². The Kier molecular flexibility index (Phi) is 39.1. The van der Waals surface area contributed by atoms with Gasteiger partial charge >= 0.3 is 5.97 Å². The predicted octanol–water partition coefficient (Wildman–Crippen LogP) is -4.03. The molecule has 0 fully saturated rings. The quantitative estimate of drug-likeness (QED) is 0.0277. The Morgan fingerprint density at radius 3 is 1.30 bits per heavy atom. The highest BCUT2D eigenvalue weighted by Crippen LogP contribution is 2.15. The van der Waals surface area contributed by atoms with Crippen LogP contribution in [0.1, 0.15) is 154 Å². The van der Waals surface area contributed by atoms with Crippen LogP contribution in [0.5, 0.6) is 0 Å². The van der Waals surface area contributed by atoms with E-state index in [1.165, 1.54) is 33.3 Å². The fraction of sp³-hybridized carbons (Fsp3) is 0.730. The van der Waals surface area contributed by atoms with E-state index >= 15 is 0 Å². The molecule has 0 aromatic carbocycles. The Hall–Kier alpha value is -8.37. The lowest BCUT2D eigenvalue weighted by Crippen LogP contribution is -2.63. The number of nitrogens with two attached hydrogens (primary N) is 2. The van der Waals surface area contributed by atoms with E-state index in [1.54, 1.807) is 69.2 Å². The van der Waals surface area contributed by atoms with Crippen LogP contribution in [0.2, 0.25) is 0 Å². The standard InChI is InChI=1S/C63H111N17O17/c1-16-35(12)50(60(93)75-43(22-31(4)5)56(89)72-41(63(96)97)19-17-18-20-64)76-46(84)27-67-45(83)26-69-55(88)42(21-30(2)3)73-53(86)36(13)71-61(94)52(38(15)82)80-57(90)44(23-32(6)7)74-58(91)48(33(8)9)78-59(92)49(34(10)11)79-62(95)51(37(14)81)77-47(85)28-68-54(87)40(65)24-39-25-66-29-70-39/h25,29-38,40-44,48-52,81-82H,16-24,26-28,64-65H2,1-15H3,(H,66,70)(H,67,83)(H,68,87)(H,69,88)(H,71,94)(H,72,89)(H,73,86)(H,74,91)(H,75,93)(H,76,84)(H,77,85)(H,78,92)(H,79,95)(H,80,90)(H,96,97)/t35-,36-,37+,38+,40-,41-,42-,43-,44-,48-,49-,50-,51-,52-/m0/s1. The second-order valence-corrected chi connectivity index (χ2v) is 26.5. The van der Waals surface area contributed by atoms with Gasteiger partial charge in [-0.25, -0.2) is 9.78 Å². The average Bonchev–Trinajstić information content (AvgIpc) is 1.30. The molecule has 0 radical (unpaired) electrons. The molecule has 0 aliphatic carbocycles. The van der Waals surface area contributed by atoms with E-state index in [9.17, 15) is 82.4 Å². The van der Waals surface area contributed by atoms with Gasteiger partial charge in [0.1, 0.15) is 60.4 Å². The van der Waals surface area contributed by atoms with Gasteiger partial charge in [-0.2, -0.15) is 0 Å². The molecule has 0 saturated heterocycles. The average molecular weight is 1380 g/mol. The molecule has 0 spiro atoms. The molecular formula is C63H111N17O17. The summed E-state index contributed by atoms with van der Waals surface area (Å²) in [5.74, 6) is -14.5. The van der Waals surface area contributed by atoms with E-state index in [1.807, 2.05) is 13.8 Å². The van der Waals surface area contributed by atoms with E-state index in [4.69, 9.17) is 11.5 Å². The number of aliphatic carboxylic acids is 1. The lowest BCUT2D eigenvalue weighted by atomic mass is 9.96. The van der Waals surface area contributed by atoms with Gasteiger partial charge in [0.2, 0.25) is 76.8 Å². The highest BCUT2D eigenvalue weighted by Gasteiger charge is 2.38. The zero-order valence-corrected chi connectivity index (χ0v) is 58.8. The maximum Gasteiger partial charge on any atom is 0.326 e. The van der Waals surface area contributed by atoms with Crippen LogP contribution < -0.4 is 80.6 Å². The van der Waals surface area contributed by atoms with Crippen LogP contribution in [-0.2, 0) is 73.5 Å². The third-order valence-corrected chi connectivity index (χ3v) is 15.4. The van der Waals surface area contributed by atoms with Crippen LogP contribution in [-0.4, -0.2) is 213 Å². The topological polar surface area (TPSA) is 537 Å². The summed E-state index contributed by atoms with van der Waals surface area (Å²) in [6.45, 7) is 22.6. The second-order valence-electron chi connectivity index (χ2n) is 26.5. The third-order valence-electron chi connectivity index (χ3n) is 15.4. The predicted molar refractivity (Wildman–Crippen MR) is 356 cm³/mol. The number of H-pyrrole nitrogens is 1. The number of aromatic amines is 1. The Balaban J connectivity index is 3.08. The summed E-state index contributed by atoms with van der Waals surface area (Å²) in [5, 5.41) is 63.4. The Labute approximate surface area is 567 Å². The molecule has 1 aromatic heterocycles. The van der Waals surface area contributed by atoms with Crippen LogP contribution in [0.25, 0.3) is 0 Å². The van der Waals surface area contributed by atoms with Crippen LogP contribution >= 0.6 is 0 Å². The van der Waals surface area contributed by atoms with Crippen molar-refractivity contribution in [2.45, 2.75) is 234 Å². The molecule has 34 heteroatoms.